The van der Waals surface area contributed by atoms with Gasteiger partial charge in [-0.2, -0.15) is 0 Å². The van der Waals surface area contributed by atoms with E-state index in [0.29, 0.717) is 5.82 Å². The molecular formula is C14H19N5O. The molecule has 6 heteroatoms. The summed E-state index contributed by atoms with van der Waals surface area (Å²) in [5.41, 5.74) is 0.651. The Morgan fingerprint density at radius 3 is 2.50 bits per heavy atom. The van der Waals surface area contributed by atoms with E-state index >= 15 is 0 Å². The van der Waals surface area contributed by atoms with Crippen molar-refractivity contribution in [2.24, 2.45) is 0 Å². The number of nitrogens with zero attached hydrogens (tertiary/aromatic N) is 5. The fraction of sp³-hybridized carbons (Fsp3) is 0.429. The van der Waals surface area contributed by atoms with Crippen LogP contribution in [-0.4, -0.2) is 33.2 Å². The Morgan fingerprint density at radius 1 is 1.25 bits per heavy atom. The minimum absolute atomic E-state index is 0.0611. The van der Waals surface area contributed by atoms with Gasteiger partial charge < -0.3 is 4.90 Å². The average Bonchev–Trinajstić information content (AvgIpc) is 2.87. The highest BCUT2D eigenvalue weighted by Gasteiger charge is 2.24. The van der Waals surface area contributed by atoms with Gasteiger partial charge in [-0.05, 0) is 22.6 Å². The molecule has 0 aliphatic heterocycles. The quantitative estimate of drug-likeness (QED) is 0.852. The summed E-state index contributed by atoms with van der Waals surface area (Å²) in [4.78, 5) is 13.9. The smallest absolute Gasteiger partial charge is 0.248 e. The zero-order valence-electron chi connectivity index (χ0n) is 12.2. The summed E-state index contributed by atoms with van der Waals surface area (Å²) in [5.74, 6) is 0.640. The molecule has 106 valence electrons. The zero-order chi connectivity index (χ0) is 14.8. The number of likely N-dealkylation sites (N-methyl/N-ethyl adjacent to an activating group) is 1. The fourth-order valence-electron chi connectivity index (χ4n) is 1.88. The van der Waals surface area contributed by atoms with Gasteiger partial charge in [-0.25, -0.2) is 4.68 Å². The lowest BCUT2D eigenvalue weighted by molar-refractivity contribution is -0.119. The third kappa shape index (κ3) is 3.01. The van der Waals surface area contributed by atoms with Crippen molar-refractivity contribution in [1.82, 2.24) is 20.2 Å². The molecule has 0 saturated heterocycles. The second-order valence-electron chi connectivity index (χ2n) is 5.70. The highest BCUT2D eigenvalue weighted by Crippen LogP contribution is 2.19. The van der Waals surface area contributed by atoms with E-state index in [1.54, 1.807) is 16.6 Å². The molecule has 1 amide bonds. The van der Waals surface area contributed by atoms with E-state index in [-0.39, 0.29) is 17.9 Å². The van der Waals surface area contributed by atoms with E-state index in [0.717, 1.165) is 5.69 Å². The molecule has 2 aromatic rings. The van der Waals surface area contributed by atoms with Crippen LogP contribution in [0.15, 0.2) is 30.3 Å². The van der Waals surface area contributed by atoms with Gasteiger partial charge in [-0.3, -0.25) is 4.79 Å². The van der Waals surface area contributed by atoms with E-state index in [2.05, 4.69) is 15.5 Å². The number of aromatic nitrogens is 4. The lowest BCUT2D eigenvalue weighted by Gasteiger charge is -2.20. The van der Waals surface area contributed by atoms with Crippen molar-refractivity contribution >= 4 is 11.6 Å². The minimum atomic E-state index is -0.199. The molecule has 0 atom stereocenters. The number of carbonyl (C=O) groups is 1. The number of anilines is 1. The topological polar surface area (TPSA) is 63.9 Å². The summed E-state index contributed by atoms with van der Waals surface area (Å²) >= 11 is 0. The Balaban J connectivity index is 2.15. The predicted octanol–water partition coefficient (Wildman–Crippen LogP) is 1.63. The third-order valence-electron chi connectivity index (χ3n) is 3.01. The van der Waals surface area contributed by atoms with E-state index in [9.17, 15) is 4.79 Å². The summed E-state index contributed by atoms with van der Waals surface area (Å²) in [6, 6.07) is 9.50. The van der Waals surface area contributed by atoms with Crippen LogP contribution >= 0.6 is 0 Å². The third-order valence-corrected chi connectivity index (χ3v) is 3.01. The van der Waals surface area contributed by atoms with Crippen molar-refractivity contribution in [3.8, 4) is 0 Å². The van der Waals surface area contributed by atoms with Crippen LogP contribution in [0.4, 0.5) is 5.69 Å². The van der Waals surface area contributed by atoms with Crippen LogP contribution in [0.25, 0.3) is 0 Å². The summed E-state index contributed by atoms with van der Waals surface area (Å²) in [6.07, 6.45) is 0. The van der Waals surface area contributed by atoms with Crippen molar-refractivity contribution in [3.05, 3.63) is 36.2 Å². The van der Waals surface area contributed by atoms with Gasteiger partial charge in [-0.15, -0.1) is 5.10 Å². The molecule has 20 heavy (non-hydrogen) atoms. The molecule has 2 rings (SSSR count). The molecule has 0 saturated carbocycles. The number of carbonyl (C=O) groups excluding carboxylic acids is 1. The van der Waals surface area contributed by atoms with Crippen molar-refractivity contribution in [2.75, 3.05) is 11.9 Å². The van der Waals surface area contributed by atoms with Gasteiger partial charge >= 0.3 is 0 Å². The number of amides is 1. The monoisotopic (exact) mass is 273 g/mol. The van der Waals surface area contributed by atoms with Crippen LogP contribution in [0.5, 0.6) is 0 Å². The summed E-state index contributed by atoms with van der Waals surface area (Å²) in [6.45, 7) is 6.17. The lowest BCUT2D eigenvalue weighted by Crippen LogP contribution is -2.32. The molecule has 0 N–H and O–H groups in total. The molecule has 0 fully saturated rings. The average molecular weight is 273 g/mol. The van der Waals surface area contributed by atoms with Crippen molar-refractivity contribution in [3.63, 3.8) is 0 Å². The number of hydrogen-bond acceptors (Lipinski definition) is 4. The van der Waals surface area contributed by atoms with Gasteiger partial charge in [0.25, 0.3) is 0 Å². The number of benzene rings is 1. The second kappa shape index (κ2) is 5.40. The van der Waals surface area contributed by atoms with Gasteiger partial charge in [0.1, 0.15) is 6.54 Å². The number of tetrazole rings is 1. The largest absolute Gasteiger partial charge is 0.314 e. The minimum Gasteiger partial charge on any atom is -0.314 e. The number of para-hydroxylation sites is 1. The number of rotatable bonds is 3. The van der Waals surface area contributed by atoms with Gasteiger partial charge in [-0.1, -0.05) is 39.0 Å². The van der Waals surface area contributed by atoms with E-state index in [4.69, 9.17) is 0 Å². The van der Waals surface area contributed by atoms with Gasteiger partial charge in [0.2, 0.25) is 5.91 Å². The maximum Gasteiger partial charge on any atom is 0.248 e. The molecule has 1 aromatic heterocycles. The predicted molar refractivity (Wildman–Crippen MR) is 76.4 cm³/mol. The van der Waals surface area contributed by atoms with Crippen LogP contribution in [0.2, 0.25) is 0 Å². The van der Waals surface area contributed by atoms with Crippen LogP contribution in [0.3, 0.4) is 0 Å². The normalized spacial score (nSPS) is 11.4. The van der Waals surface area contributed by atoms with Crippen molar-refractivity contribution in [2.45, 2.75) is 32.7 Å². The molecule has 0 radical (unpaired) electrons. The highest BCUT2D eigenvalue weighted by atomic mass is 16.2. The Morgan fingerprint density at radius 2 is 1.90 bits per heavy atom. The lowest BCUT2D eigenvalue weighted by atomic mass is 9.96. The molecule has 0 aliphatic carbocycles. The standard InChI is InChI=1S/C14H19N5O/c1-14(2,3)13-15-16-17-19(13)10-12(20)18(4)11-8-6-5-7-9-11/h5-9H,10H2,1-4H3. The fourth-order valence-corrected chi connectivity index (χ4v) is 1.88. The molecule has 0 spiro atoms. The summed E-state index contributed by atoms with van der Waals surface area (Å²) in [5, 5.41) is 11.6. The zero-order valence-corrected chi connectivity index (χ0v) is 12.2. The first-order valence-electron chi connectivity index (χ1n) is 6.48. The molecule has 6 nitrogen and oxygen atoms in total. The maximum atomic E-state index is 12.3. The van der Waals surface area contributed by atoms with Gasteiger partial charge in [0.15, 0.2) is 5.82 Å². The molecule has 0 bridgehead atoms. The maximum absolute atomic E-state index is 12.3. The Bertz CT molecular complexity index is 585. The first kappa shape index (κ1) is 14.2. The highest BCUT2D eigenvalue weighted by molar-refractivity contribution is 5.92. The second-order valence-corrected chi connectivity index (χ2v) is 5.70. The van der Waals surface area contributed by atoms with Crippen LogP contribution < -0.4 is 4.90 Å². The first-order chi connectivity index (χ1) is 9.39. The molecule has 0 aliphatic rings. The van der Waals surface area contributed by atoms with Crippen LogP contribution in [-0.2, 0) is 16.8 Å². The van der Waals surface area contributed by atoms with E-state index in [1.165, 1.54) is 0 Å². The van der Waals surface area contributed by atoms with Crippen molar-refractivity contribution in [1.29, 1.82) is 0 Å². The Labute approximate surface area is 118 Å². The Hall–Kier alpha value is -2.24. The molecule has 1 aromatic carbocycles. The van der Waals surface area contributed by atoms with Crippen molar-refractivity contribution < 1.29 is 4.79 Å². The van der Waals surface area contributed by atoms with Gasteiger partial charge in [0, 0.05) is 18.2 Å². The van der Waals surface area contributed by atoms with E-state index in [1.807, 2.05) is 51.1 Å². The van der Waals surface area contributed by atoms with Gasteiger partial charge in [0.05, 0.1) is 0 Å². The van der Waals surface area contributed by atoms with Crippen LogP contribution in [0, 0.1) is 0 Å². The Kier molecular flexibility index (Phi) is 3.83. The molecular weight excluding hydrogens is 254 g/mol. The SMILES string of the molecule is CN(C(=O)Cn1nnnc1C(C)(C)C)c1ccccc1. The first-order valence-corrected chi connectivity index (χ1v) is 6.48. The van der Waals surface area contributed by atoms with E-state index < -0.39 is 0 Å². The summed E-state index contributed by atoms with van der Waals surface area (Å²) in [7, 11) is 1.75. The number of hydrogen-bond donors (Lipinski definition) is 0. The molecule has 0 unspecified atom stereocenters. The van der Waals surface area contributed by atoms with Crippen LogP contribution in [0.1, 0.15) is 26.6 Å². The summed E-state index contributed by atoms with van der Waals surface area (Å²) < 4.78 is 1.56. The molecule has 1 heterocycles.